The maximum atomic E-state index is 14.0. The highest BCUT2D eigenvalue weighted by molar-refractivity contribution is 5.58. The minimum absolute atomic E-state index is 0.0307. The van der Waals surface area contributed by atoms with Gasteiger partial charge in [-0.25, -0.2) is 23.1 Å². The van der Waals surface area contributed by atoms with Crippen LogP contribution < -0.4 is 10.0 Å². The number of aromatic nitrogens is 3. The SMILES string of the molecule is Cc1cc(NCCc2ccc[n+](O)c2)nc(-c2cc(F)c(F)cc2F)n1. The van der Waals surface area contributed by atoms with Crippen molar-refractivity contribution in [3.63, 3.8) is 0 Å². The molecule has 3 rings (SSSR count). The third kappa shape index (κ3) is 4.08. The molecule has 2 N–H and O–H groups in total. The maximum Gasteiger partial charge on any atom is 0.225 e. The fourth-order valence-electron chi connectivity index (χ4n) is 2.47. The van der Waals surface area contributed by atoms with Crippen molar-refractivity contribution < 1.29 is 23.1 Å². The van der Waals surface area contributed by atoms with Crippen molar-refractivity contribution in [2.45, 2.75) is 13.3 Å². The van der Waals surface area contributed by atoms with Crippen molar-refractivity contribution in [1.29, 1.82) is 0 Å². The predicted octanol–water partition coefficient (Wildman–Crippen LogP) is 3.05. The summed E-state index contributed by atoms with van der Waals surface area (Å²) in [6, 6.07) is 6.46. The molecule has 134 valence electrons. The van der Waals surface area contributed by atoms with Gasteiger partial charge in [0.15, 0.2) is 17.5 Å². The molecule has 0 aliphatic carbocycles. The summed E-state index contributed by atoms with van der Waals surface area (Å²) in [4.78, 5) is 8.28. The number of aryl methyl sites for hydroxylation is 1. The molecule has 0 spiro atoms. The molecule has 0 bridgehead atoms. The average Bonchev–Trinajstić information content (AvgIpc) is 2.58. The monoisotopic (exact) mass is 361 g/mol. The van der Waals surface area contributed by atoms with E-state index in [4.69, 9.17) is 0 Å². The number of benzene rings is 1. The first kappa shape index (κ1) is 17.7. The summed E-state index contributed by atoms with van der Waals surface area (Å²) in [6.07, 6.45) is 3.70. The number of nitrogens with one attached hydrogen (secondary N) is 1. The first-order chi connectivity index (χ1) is 12.4. The second-order valence-electron chi connectivity index (χ2n) is 5.73. The molecule has 3 aromatic rings. The van der Waals surface area contributed by atoms with Crippen LogP contribution in [-0.2, 0) is 6.42 Å². The molecule has 0 saturated heterocycles. The highest BCUT2D eigenvalue weighted by Gasteiger charge is 2.15. The molecule has 0 aliphatic rings. The second-order valence-corrected chi connectivity index (χ2v) is 5.73. The van der Waals surface area contributed by atoms with E-state index in [-0.39, 0.29) is 11.4 Å². The van der Waals surface area contributed by atoms with Crippen LogP contribution in [-0.4, -0.2) is 21.7 Å². The number of anilines is 1. The van der Waals surface area contributed by atoms with Crippen LogP contribution in [0.3, 0.4) is 0 Å². The largest absolute Gasteiger partial charge is 0.370 e. The molecule has 2 heterocycles. The van der Waals surface area contributed by atoms with Crippen molar-refractivity contribution in [3.8, 4) is 11.4 Å². The van der Waals surface area contributed by atoms with Gasteiger partial charge in [-0.2, -0.15) is 0 Å². The van der Waals surface area contributed by atoms with Crippen LogP contribution in [0.4, 0.5) is 19.0 Å². The Morgan fingerprint density at radius 2 is 1.85 bits per heavy atom. The zero-order chi connectivity index (χ0) is 18.7. The topological polar surface area (TPSA) is 61.9 Å². The quantitative estimate of drug-likeness (QED) is 0.417. The minimum Gasteiger partial charge on any atom is -0.370 e. The van der Waals surface area contributed by atoms with E-state index >= 15 is 0 Å². The van der Waals surface area contributed by atoms with Gasteiger partial charge in [0.1, 0.15) is 11.6 Å². The van der Waals surface area contributed by atoms with Crippen LogP contribution in [0.15, 0.2) is 42.7 Å². The van der Waals surface area contributed by atoms with Gasteiger partial charge in [0.05, 0.1) is 5.56 Å². The Hall–Kier alpha value is -3.16. The highest BCUT2D eigenvalue weighted by atomic mass is 19.2. The molecule has 26 heavy (non-hydrogen) atoms. The van der Waals surface area contributed by atoms with E-state index < -0.39 is 17.5 Å². The van der Waals surface area contributed by atoms with Gasteiger partial charge in [0, 0.05) is 40.7 Å². The van der Waals surface area contributed by atoms with Gasteiger partial charge in [-0.1, -0.05) is 0 Å². The fourth-order valence-corrected chi connectivity index (χ4v) is 2.47. The van der Waals surface area contributed by atoms with Gasteiger partial charge in [-0.05, 0) is 25.5 Å². The summed E-state index contributed by atoms with van der Waals surface area (Å²) in [7, 11) is 0. The van der Waals surface area contributed by atoms with Crippen molar-refractivity contribution in [2.75, 3.05) is 11.9 Å². The van der Waals surface area contributed by atoms with Gasteiger partial charge in [0.2, 0.25) is 12.4 Å². The Bertz CT molecular complexity index is 950. The molecule has 1 aromatic carbocycles. The number of hydrogen-bond acceptors (Lipinski definition) is 4. The van der Waals surface area contributed by atoms with Crippen LogP contribution >= 0.6 is 0 Å². The smallest absolute Gasteiger partial charge is 0.225 e. The zero-order valence-corrected chi connectivity index (χ0v) is 13.9. The molecule has 0 unspecified atom stereocenters. The number of halogens is 3. The molecule has 8 heteroatoms. The number of rotatable bonds is 5. The molecule has 0 fully saturated rings. The Morgan fingerprint density at radius 1 is 1.08 bits per heavy atom. The molecule has 2 aromatic heterocycles. The van der Waals surface area contributed by atoms with Crippen LogP contribution in [0.5, 0.6) is 0 Å². The third-order valence-corrected chi connectivity index (χ3v) is 3.67. The lowest BCUT2D eigenvalue weighted by Gasteiger charge is -2.09. The van der Waals surface area contributed by atoms with E-state index in [0.29, 0.717) is 30.5 Å². The number of pyridine rings is 1. The van der Waals surface area contributed by atoms with Gasteiger partial charge in [-0.15, -0.1) is 0 Å². The van der Waals surface area contributed by atoms with Crippen LogP contribution in [0.2, 0.25) is 0 Å². The van der Waals surface area contributed by atoms with Crippen molar-refractivity contribution in [3.05, 3.63) is 71.4 Å². The third-order valence-electron chi connectivity index (χ3n) is 3.67. The number of nitrogens with zero attached hydrogens (tertiary/aromatic N) is 3. The summed E-state index contributed by atoms with van der Waals surface area (Å²) in [5, 5.41) is 12.5. The Kier molecular flexibility index (Phi) is 5.01. The van der Waals surface area contributed by atoms with E-state index in [2.05, 4.69) is 15.3 Å². The Morgan fingerprint density at radius 3 is 2.62 bits per heavy atom. The average molecular weight is 361 g/mol. The fraction of sp³-hybridized carbons (Fsp3) is 0.167. The molecule has 0 atom stereocenters. The van der Waals surface area contributed by atoms with Crippen LogP contribution in [0.25, 0.3) is 11.4 Å². The van der Waals surface area contributed by atoms with Gasteiger partial charge < -0.3 is 5.32 Å². The van der Waals surface area contributed by atoms with Crippen molar-refractivity contribution in [2.24, 2.45) is 0 Å². The van der Waals surface area contributed by atoms with Crippen molar-refractivity contribution >= 4 is 5.82 Å². The van der Waals surface area contributed by atoms with Crippen LogP contribution in [0.1, 0.15) is 11.3 Å². The zero-order valence-electron chi connectivity index (χ0n) is 13.9. The summed E-state index contributed by atoms with van der Waals surface area (Å²) in [6.45, 7) is 2.19. The molecular formula is C18H16F3N4O+. The minimum atomic E-state index is -1.26. The van der Waals surface area contributed by atoms with Gasteiger partial charge in [-0.3, -0.25) is 5.21 Å². The molecule has 5 nitrogen and oxygen atoms in total. The molecular weight excluding hydrogens is 345 g/mol. The molecule has 0 amide bonds. The van der Waals surface area contributed by atoms with E-state index in [1.54, 1.807) is 25.3 Å². The van der Waals surface area contributed by atoms with Crippen molar-refractivity contribution in [1.82, 2.24) is 9.97 Å². The molecule has 0 radical (unpaired) electrons. The van der Waals surface area contributed by atoms with Gasteiger partial charge >= 0.3 is 0 Å². The van der Waals surface area contributed by atoms with E-state index in [9.17, 15) is 18.4 Å². The first-order valence-electron chi connectivity index (χ1n) is 7.86. The lowest BCUT2D eigenvalue weighted by atomic mass is 10.2. The van der Waals surface area contributed by atoms with E-state index in [1.807, 2.05) is 6.07 Å². The summed E-state index contributed by atoms with van der Waals surface area (Å²) < 4.78 is 41.5. The van der Waals surface area contributed by atoms with E-state index in [1.165, 1.54) is 6.20 Å². The molecule has 0 aliphatic heterocycles. The standard InChI is InChI=1S/C18H16F3N4O/c1-11-7-17(22-5-4-12-3-2-6-25(26)10-12)24-18(23-11)13-8-15(20)16(21)9-14(13)19/h2-3,6-10,26H,4-5H2,1H3,(H,22,23,24)/q+1. The maximum absolute atomic E-state index is 14.0. The van der Waals surface area contributed by atoms with E-state index in [0.717, 1.165) is 16.4 Å². The first-order valence-corrected chi connectivity index (χ1v) is 7.86. The van der Waals surface area contributed by atoms with Crippen LogP contribution in [0, 0.1) is 24.4 Å². The van der Waals surface area contributed by atoms with Gasteiger partial charge in [0.25, 0.3) is 0 Å². The normalized spacial score (nSPS) is 10.8. The molecule has 0 saturated carbocycles. The Balaban J connectivity index is 1.79. The summed E-state index contributed by atoms with van der Waals surface area (Å²) >= 11 is 0. The Labute approximate surface area is 147 Å². The summed E-state index contributed by atoms with van der Waals surface area (Å²) in [5.41, 5.74) is 1.25. The lowest BCUT2D eigenvalue weighted by molar-refractivity contribution is -0.905. The lowest BCUT2D eigenvalue weighted by Crippen LogP contribution is -2.29. The number of hydrogen-bond donors (Lipinski definition) is 2. The predicted molar refractivity (Wildman–Crippen MR) is 88.1 cm³/mol. The second kappa shape index (κ2) is 7.38. The summed E-state index contributed by atoms with van der Waals surface area (Å²) in [5.74, 6) is -2.96. The highest BCUT2D eigenvalue weighted by Crippen LogP contribution is 2.23.